The molecule has 0 saturated carbocycles. The third-order valence-electron chi connectivity index (χ3n) is 2.90. The molecule has 0 bridgehead atoms. The lowest BCUT2D eigenvalue weighted by Gasteiger charge is -2.07. The summed E-state index contributed by atoms with van der Waals surface area (Å²) >= 11 is 0. The molecule has 1 aromatic carbocycles. The topological polar surface area (TPSA) is 71.1 Å². The second-order valence-electron chi connectivity index (χ2n) is 4.82. The van der Waals surface area contributed by atoms with Gasteiger partial charge in [-0.3, -0.25) is 9.59 Å². The largest absolute Gasteiger partial charge is 0.343 e. The van der Waals surface area contributed by atoms with Gasteiger partial charge in [-0.15, -0.1) is 0 Å². The van der Waals surface area contributed by atoms with Crippen molar-refractivity contribution >= 4 is 17.6 Å². The first-order valence-corrected chi connectivity index (χ1v) is 6.62. The number of carbonyl (C=O) groups is 2. The third kappa shape index (κ3) is 4.42. The number of pyridine rings is 1. The van der Waals surface area contributed by atoms with Gasteiger partial charge in [0.1, 0.15) is 5.82 Å². The predicted molar refractivity (Wildman–Crippen MR) is 81.1 cm³/mol. The SMILES string of the molecule is Cc1ccc(C(=O)NCC(=O)Nc2ccc(C)cn2)cc1. The molecule has 0 aliphatic heterocycles. The van der Waals surface area contributed by atoms with E-state index in [1.807, 2.05) is 32.0 Å². The van der Waals surface area contributed by atoms with Gasteiger partial charge >= 0.3 is 0 Å². The number of anilines is 1. The fourth-order valence-corrected chi connectivity index (χ4v) is 1.70. The summed E-state index contributed by atoms with van der Waals surface area (Å²) in [6.07, 6.45) is 1.67. The van der Waals surface area contributed by atoms with Crippen LogP contribution < -0.4 is 10.6 Å². The smallest absolute Gasteiger partial charge is 0.251 e. The van der Waals surface area contributed by atoms with Gasteiger partial charge in [-0.25, -0.2) is 4.98 Å². The van der Waals surface area contributed by atoms with Gasteiger partial charge in [0, 0.05) is 11.8 Å². The zero-order chi connectivity index (χ0) is 15.2. The highest BCUT2D eigenvalue weighted by Crippen LogP contribution is 2.04. The molecule has 0 saturated heterocycles. The Kier molecular flexibility index (Phi) is 4.66. The Hall–Kier alpha value is -2.69. The van der Waals surface area contributed by atoms with E-state index in [2.05, 4.69) is 15.6 Å². The van der Waals surface area contributed by atoms with Crippen molar-refractivity contribution in [1.29, 1.82) is 0 Å². The Morgan fingerprint density at radius 1 is 1.00 bits per heavy atom. The molecule has 2 amide bonds. The van der Waals surface area contributed by atoms with Gasteiger partial charge in [0.05, 0.1) is 6.54 Å². The highest BCUT2D eigenvalue weighted by Gasteiger charge is 2.08. The second kappa shape index (κ2) is 6.65. The highest BCUT2D eigenvalue weighted by atomic mass is 16.2. The van der Waals surface area contributed by atoms with E-state index >= 15 is 0 Å². The van der Waals surface area contributed by atoms with E-state index in [9.17, 15) is 9.59 Å². The highest BCUT2D eigenvalue weighted by molar-refractivity contribution is 5.99. The van der Waals surface area contributed by atoms with Crippen LogP contribution in [0.3, 0.4) is 0 Å². The first kappa shape index (κ1) is 14.7. The molecule has 0 fully saturated rings. The fourth-order valence-electron chi connectivity index (χ4n) is 1.70. The van der Waals surface area contributed by atoms with Gasteiger partial charge in [0.2, 0.25) is 5.91 Å². The molecular formula is C16H17N3O2. The lowest BCUT2D eigenvalue weighted by Crippen LogP contribution is -2.33. The average molecular weight is 283 g/mol. The number of aromatic nitrogens is 1. The number of nitrogens with one attached hydrogen (secondary N) is 2. The molecule has 0 unspecified atom stereocenters. The molecule has 0 spiro atoms. The van der Waals surface area contributed by atoms with Gasteiger partial charge in [0.15, 0.2) is 0 Å². The minimum absolute atomic E-state index is 0.0950. The molecule has 2 N–H and O–H groups in total. The lowest BCUT2D eigenvalue weighted by atomic mass is 10.1. The first-order valence-electron chi connectivity index (χ1n) is 6.62. The van der Waals surface area contributed by atoms with Crippen LogP contribution in [0.1, 0.15) is 21.5 Å². The lowest BCUT2D eigenvalue weighted by molar-refractivity contribution is -0.115. The summed E-state index contributed by atoms with van der Waals surface area (Å²) in [5.41, 5.74) is 2.62. The zero-order valence-corrected chi connectivity index (χ0v) is 12.0. The minimum atomic E-state index is -0.313. The van der Waals surface area contributed by atoms with Gasteiger partial charge < -0.3 is 10.6 Å². The number of nitrogens with zero attached hydrogens (tertiary/aromatic N) is 1. The summed E-state index contributed by atoms with van der Waals surface area (Å²) in [4.78, 5) is 27.6. The standard InChI is InChI=1S/C16H17N3O2/c1-11-3-6-13(7-4-11)16(21)18-10-15(20)19-14-8-5-12(2)9-17-14/h3-9H,10H2,1-2H3,(H,18,21)(H,17,19,20). The van der Waals surface area contributed by atoms with Crippen LogP contribution in [0.5, 0.6) is 0 Å². The van der Waals surface area contributed by atoms with E-state index in [0.29, 0.717) is 11.4 Å². The Morgan fingerprint density at radius 2 is 1.67 bits per heavy atom. The molecule has 2 rings (SSSR count). The predicted octanol–water partition coefficient (Wildman–Crippen LogP) is 2.07. The molecule has 0 aliphatic carbocycles. The van der Waals surface area contributed by atoms with E-state index in [4.69, 9.17) is 0 Å². The fraction of sp³-hybridized carbons (Fsp3) is 0.188. The maximum Gasteiger partial charge on any atom is 0.251 e. The number of benzene rings is 1. The molecule has 5 heteroatoms. The number of hydrogen-bond acceptors (Lipinski definition) is 3. The van der Waals surface area contributed by atoms with Gasteiger partial charge in [-0.05, 0) is 37.6 Å². The summed E-state index contributed by atoms with van der Waals surface area (Å²) in [6.45, 7) is 3.77. The Balaban J connectivity index is 1.84. The number of hydrogen-bond donors (Lipinski definition) is 2. The molecule has 2 aromatic rings. The molecule has 1 aromatic heterocycles. The molecule has 0 radical (unpaired) electrons. The van der Waals surface area contributed by atoms with Crippen LogP contribution in [0.2, 0.25) is 0 Å². The van der Waals surface area contributed by atoms with E-state index in [0.717, 1.165) is 11.1 Å². The van der Waals surface area contributed by atoms with Gasteiger partial charge in [-0.2, -0.15) is 0 Å². The molecule has 1 heterocycles. The molecule has 108 valence electrons. The van der Waals surface area contributed by atoms with E-state index in [-0.39, 0.29) is 18.4 Å². The van der Waals surface area contributed by atoms with Crippen LogP contribution in [-0.4, -0.2) is 23.3 Å². The van der Waals surface area contributed by atoms with Crippen molar-refractivity contribution in [3.8, 4) is 0 Å². The molecular weight excluding hydrogens is 266 g/mol. The summed E-state index contributed by atoms with van der Waals surface area (Å²) < 4.78 is 0. The van der Waals surface area contributed by atoms with Crippen molar-refractivity contribution in [2.24, 2.45) is 0 Å². The summed E-state index contributed by atoms with van der Waals surface area (Å²) in [6, 6.07) is 10.7. The summed E-state index contributed by atoms with van der Waals surface area (Å²) in [5.74, 6) is -0.121. The molecule has 0 aliphatic rings. The van der Waals surface area contributed by atoms with E-state index in [1.165, 1.54) is 0 Å². The van der Waals surface area contributed by atoms with Crippen molar-refractivity contribution in [2.45, 2.75) is 13.8 Å². The van der Waals surface area contributed by atoms with Gasteiger partial charge in [-0.1, -0.05) is 23.8 Å². The minimum Gasteiger partial charge on any atom is -0.343 e. The van der Waals surface area contributed by atoms with Crippen molar-refractivity contribution in [2.75, 3.05) is 11.9 Å². The van der Waals surface area contributed by atoms with E-state index < -0.39 is 0 Å². The first-order chi connectivity index (χ1) is 10.0. The Labute approximate surface area is 123 Å². The quantitative estimate of drug-likeness (QED) is 0.902. The number of amides is 2. The zero-order valence-electron chi connectivity index (χ0n) is 12.0. The molecule has 0 atom stereocenters. The second-order valence-corrected chi connectivity index (χ2v) is 4.82. The summed E-state index contributed by atoms with van der Waals surface area (Å²) in [5, 5.41) is 5.19. The maximum absolute atomic E-state index is 11.9. The Bertz CT molecular complexity index is 634. The third-order valence-corrected chi connectivity index (χ3v) is 2.90. The van der Waals surface area contributed by atoms with Gasteiger partial charge in [0.25, 0.3) is 5.91 Å². The van der Waals surface area contributed by atoms with Crippen molar-refractivity contribution in [1.82, 2.24) is 10.3 Å². The monoisotopic (exact) mass is 283 g/mol. The van der Waals surface area contributed by atoms with Crippen molar-refractivity contribution in [3.05, 3.63) is 59.3 Å². The van der Waals surface area contributed by atoms with Crippen LogP contribution in [0.4, 0.5) is 5.82 Å². The number of rotatable bonds is 4. The summed E-state index contributed by atoms with van der Waals surface area (Å²) in [7, 11) is 0. The van der Waals surface area contributed by atoms with Crippen LogP contribution in [0.25, 0.3) is 0 Å². The molecule has 21 heavy (non-hydrogen) atoms. The van der Waals surface area contributed by atoms with Crippen molar-refractivity contribution in [3.63, 3.8) is 0 Å². The normalized spacial score (nSPS) is 10.0. The van der Waals surface area contributed by atoms with Crippen molar-refractivity contribution < 1.29 is 9.59 Å². The van der Waals surface area contributed by atoms with Crippen LogP contribution >= 0.6 is 0 Å². The van der Waals surface area contributed by atoms with E-state index in [1.54, 1.807) is 24.4 Å². The number of aryl methyl sites for hydroxylation is 2. The average Bonchev–Trinajstić information content (AvgIpc) is 2.48. The van der Waals surface area contributed by atoms with Crippen LogP contribution in [0, 0.1) is 13.8 Å². The van der Waals surface area contributed by atoms with Crippen LogP contribution in [-0.2, 0) is 4.79 Å². The number of carbonyl (C=O) groups excluding carboxylic acids is 2. The molecule has 5 nitrogen and oxygen atoms in total. The Morgan fingerprint density at radius 3 is 2.29 bits per heavy atom. The maximum atomic E-state index is 11.9. The van der Waals surface area contributed by atoms with Crippen LogP contribution in [0.15, 0.2) is 42.6 Å².